The number of rotatable bonds is 3. The van der Waals surface area contributed by atoms with Crippen LogP contribution in [0.5, 0.6) is 0 Å². The predicted octanol–water partition coefficient (Wildman–Crippen LogP) is 2.86. The minimum absolute atomic E-state index is 0.490. The van der Waals surface area contributed by atoms with Gasteiger partial charge >= 0.3 is 0 Å². The van der Waals surface area contributed by atoms with Crippen molar-refractivity contribution in [1.82, 2.24) is 0 Å². The first-order valence-corrected chi connectivity index (χ1v) is 5.23. The van der Waals surface area contributed by atoms with E-state index < -0.39 is 6.10 Å². The van der Waals surface area contributed by atoms with E-state index in [1.807, 2.05) is 43.3 Å². The summed E-state index contributed by atoms with van der Waals surface area (Å²) in [5.74, 6) is 5.61. The second-order valence-corrected chi connectivity index (χ2v) is 3.34. The van der Waals surface area contributed by atoms with Gasteiger partial charge in [0.15, 0.2) is 0 Å². The van der Waals surface area contributed by atoms with Gasteiger partial charge in [0.1, 0.15) is 6.10 Å². The van der Waals surface area contributed by atoms with Crippen LogP contribution in [0.3, 0.4) is 0 Å². The molecule has 1 nitrogen and oxygen atoms in total. The smallest absolute Gasteiger partial charge is 0.115 e. The van der Waals surface area contributed by atoms with Gasteiger partial charge in [0.25, 0.3) is 0 Å². The molecule has 1 atom stereocenters. The van der Waals surface area contributed by atoms with E-state index in [1.165, 1.54) is 0 Å². The lowest BCUT2D eigenvalue weighted by molar-refractivity contribution is 0.221. The van der Waals surface area contributed by atoms with Gasteiger partial charge in [-0.05, 0) is 24.1 Å². The van der Waals surface area contributed by atoms with Crippen LogP contribution in [0.1, 0.15) is 25.3 Å². The quantitative estimate of drug-likeness (QED) is 0.744. The van der Waals surface area contributed by atoms with E-state index in [1.54, 1.807) is 6.08 Å². The molecule has 0 fully saturated rings. The monoisotopic (exact) mass is 200 g/mol. The third-order valence-corrected chi connectivity index (χ3v) is 1.97. The molecule has 1 heteroatoms. The lowest BCUT2D eigenvalue weighted by atomic mass is 10.2. The fourth-order valence-corrected chi connectivity index (χ4v) is 1.19. The normalized spacial score (nSPS) is 12.1. The van der Waals surface area contributed by atoms with Gasteiger partial charge in [-0.1, -0.05) is 55.5 Å². The standard InChI is InChI=1S/C14H16O/c1-2-8-14(15)12-7-6-11-13-9-4-3-5-10-13/h3-6,9-11,14-15H,2,8H2,1H3/b11-6-. The van der Waals surface area contributed by atoms with Gasteiger partial charge in [0, 0.05) is 0 Å². The summed E-state index contributed by atoms with van der Waals surface area (Å²) < 4.78 is 0. The fourth-order valence-electron chi connectivity index (χ4n) is 1.19. The summed E-state index contributed by atoms with van der Waals surface area (Å²) in [5.41, 5.74) is 1.12. The summed E-state index contributed by atoms with van der Waals surface area (Å²) in [4.78, 5) is 0. The molecular weight excluding hydrogens is 184 g/mol. The maximum atomic E-state index is 9.34. The van der Waals surface area contributed by atoms with Crippen molar-refractivity contribution in [3.05, 3.63) is 42.0 Å². The first-order valence-electron chi connectivity index (χ1n) is 5.23. The van der Waals surface area contributed by atoms with Gasteiger partial charge in [0.2, 0.25) is 0 Å². The maximum absolute atomic E-state index is 9.34. The minimum Gasteiger partial charge on any atom is -0.380 e. The van der Waals surface area contributed by atoms with Crippen LogP contribution in [0, 0.1) is 11.8 Å². The van der Waals surface area contributed by atoms with Crippen molar-refractivity contribution >= 4 is 6.08 Å². The van der Waals surface area contributed by atoms with E-state index in [-0.39, 0.29) is 0 Å². The van der Waals surface area contributed by atoms with Gasteiger partial charge in [-0.15, -0.1) is 0 Å². The van der Waals surface area contributed by atoms with Crippen molar-refractivity contribution in [2.24, 2.45) is 0 Å². The second-order valence-electron chi connectivity index (χ2n) is 3.34. The summed E-state index contributed by atoms with van der Waals surface area (Å²) in [6.07, 6.45) is 4.92. The topological polar surface area (TPSA) is 20.2 Å². The Morgan fingerprint density at radius 3 is 2.73 bits per heavy atom. The zero-order chi connectivity index (χ0) is 10.9. The Morgan fingerprint density at radius 1 is 1.33 bits per heavy atom. The Hall–Kier alpha value is -1.52. The van der Waals surface area contributed by atoms with Crippen LogP contribution in [0.4, 0.5) is 0 Å². The van der Waals surface area contributed by atoms with Crippen molar-refractivity contribution in [2.75, 3.05) is 0 Å². The highest BCUT2D eigenvalue weighted by Gasteiger charge is 1.93. The van der Waals surface area contributed by atoms with Crippen molar-refractivity contribution in [3.8, 4) is 11.8 Å². The molecular formula is C14H16O. The summed E-state index contributed by atoms with van der Waals surface area (Å²) in [7, 11) is 0. The minimum atomic E-state index is -0.490. The number of aliphatic hydroxyl groups is 1. The average molecular weight is 200 g/mol. The predicted molar refractivity (Wildman–Crippen MR) is 64.2 cm³/mol. The Morgan fingerprint density at radius 2 is 2.07 bits per heavy atom. The molecule has 0 aliphatic heterocycles. The number of allylic oxidation sites excluding steroid dienone is 1. The zero-order valence-electron chi connectivity index (χ0n) is 8.98. The molecule has 0 heterocycles. The Labute approximate surface area is 91.5 Å². The number of benzene rings is 1. The molecule has 1 aromatic carbocycles. The molecule has 1 unspecified atom stereocenters. The zero-order valence-corrected chi connectivity index (χ0v) is 8.98. The third-order valence-electron chi connectivity index (χ3n) is 1.97. The van der Waals surface area contributed by atoms with Crippen LogP contribution in [0.2, 0.25) is 0 Å². The highest BCUT2D eigenvalue weighted by atomic mass is 16.3. The molecule has 0 saturated carbocycles. The van der Waals surface area contributed by atoms with E-state index in [0.29, 0.717) is 0 Å². The molecule has 0 saturated heterocycles. The summed E-state index contributed by atoms with van der Waals surface area (Å²) >= 11 is 0. The van der Waals surface area contributed by atoms with E-state index in [2.05, 4.69) is 11.8 Å². The average Bonchev–Trinajstić information content (AvgIpc) is 2.26. The number of hydrogen-bond acceptors (Lipinski definition) is 1. The molecule has 0 aromatic heterocycles. The van der Waals surface area contributed by atoms with E-state index in [0.717, 1.165) is 18.4 Å². The first kappa shape index (κ1) is 11.6. The summed E-state index contributed by atoms with van der Waals surface area (Å²) in [5, 5.41) is 9.34. The lowest BCUT2D eigenvalue weighted by Crippen LogP contribution is -2.00. The van der Waals surface area contributed by atoms with E-state index >= 15 is 0 Å². The molecule has 0 amide bonds. The molecule has 0 bridgehead atoms. The second kappa shape index (κ2) is 6.86. The van der Waals surface area contributed by atoms with Crippen LogP contribution in [-0.4, -0.2) is 11.2 Å². The first-order chi connectivity index (χ1) is 7.33. The van der Waals surface area contributed by atoms with Crippen LogP contribution >= 0.6 is 0 Å². The van der Waals surface area contributed by atoms with Crippen LogP contribution in [-0.2, 0) is 0 Å². The van der Waals surface area contributed by atoms with Crippen LogP contribution < -0.4 is 0 Å². The number of hydrogen-bond donors (Lipinski definition) is 1. The Kier molecular flexibility index (Phi) is 5.29. The van der Waals surface area contributed by atoms with Gasteiger partial charge in [0.05, 0.1) is 0 Å². The van der Waals surface area contributed by atoms with Crippen LogP contribution in [0.15, 0.2) is 36.4 Å². The van der Waals surface area contributed by atoms with Crippen molar-refractivity contribution in [2.45, 2.75) is 25.9 Å². The third kappa shape index (κ3) is 5.05. The highest BCUT2D eigenvalue weighted by molar-refractivity contribution is 5.52. The molecule has 0 aliphatic rings. The Balaban J connectivity index is 2.46. The summed E-state index contributed by atoms with van der Waals surface area (Å²) in [6.45, 7) is 2.03. The molecule has 0 radical (unpaired) electrons. The van der Waals surface area contributed by atoms with Gasteiger partial charge in [-0.2, -0.15) is 0 Å². The Bertz CT molecular complexity index is 354. The molecule has 1 rings (SSSR count). The largest absolute Gasteiger partial charge is 0.380 e. The van der Waals surface area contributed by atoms with Crippen molar-refractivity contribution in [3.63, 3.8) is 0 Å². The molecule has 0 spiro atoms. The van der Waals surface area contributed by atoms with Gasteiger partial charge in [-0.3, -0.25) is 0 Å². The van der Waals surface area contributed by atoms with Crippen molar-refractivity contribution < 1.29 is 5.11 Å². The lowest BCUT2D eigenvalue weighted by Gasteiger charge is -1.96. The van der Waals surface area contributed by atoms with Crippen molar-refractivity contribution in [1.29, 1.82) is 0 Å². The van der Waals surface area contributed by atoms with E-state index in [4.69, 9.17) is 0 Å². The fraction of sp³-hybridized carbons (Fsp3) is 0.286. The maximum Gasteiger partial charge on any atom is 0.115 e. The number of aliphatic hydroxyl groups excluding tert-OH is 1. The van der Waals surface area contributed by atoms with Gasteiger partial charge in [-0.25, -0.2) is 0 Å². The molecule has 78 valence electrons. The summed E-state index contributed by atoms with van der Waals surface area (Å²) in [6, 6.07) is 9.98. The molecule has 1 aromatic rings. The SMILES string of the molecule is CCCC(O)C#C/C=C\c1ccccc1. The van der Waals surface area contributed by atoms with Crippen LogP contribution in [0.25, 0.3) is 6.08 Å². The van der Waals surface area contributed by atoms with E-state index in [9.17, 15) is 5.11 Å². The van der Waals surface area contributed by atoms with Gasteiger partial charge < -0.3 is 5.11 Å². The molecule has 0 aliphatic carbocycles. The molecule has 15 heavy (non-hydrogen) atoms. The highest BCUT2D eigenvalue weighted by Crippen LogP contribution is 2.00. The molecule has 1 N–H and O–H groups in total.